The highest BCUT2D eigenvalue weighted by molar-refractivity contribution is 5.94. The predicted molar refractivity (Wildman–Crippen MR) is 109 cm³/mol. The maximum atomic E-state index is 12.5. The van der Waals surface area contributed by atoms with Crippen LogP contribution in [0.4, 0.5) is 5.69 Å². The highest BCUT2D eigenvalue weighted by Crippen LogP contribution is 2.41. The first-order valence-corrected chi connectivity index (χ1v) is 10.6. The maximum Gasteiger partial charge on any atom is 0.223 e. The van der Waals surface area contributed by atoms with Crippen molar-refractivity contribution in [2.45, 2.75) is 64.5 Å². The van der Waals surface area contributed by atoms with Crippen LogP contribution in [0.25, 0.3) is 10.9 Å². The van der Waals surface area contributed by atoms with Crippen LogP contribution in [-0.4, -0.2) is 41.0 Å². The third-order valence-electron chi connectivity index (χ3n) is 6.85. The molecule has 0 N–H and O–H groups in total. The number of pyridine rings is 1. The van der Waals surface area contributed by atoms with Crippen LogP contribution >= 0.6 is 0 Å². The Hall–Kier alpha value is -2.10. The standard InChI is InChI=1S/C23H29N3O/c1-3-18-15(2)24-20-7-5-4-6-19(20)23(18)25-13-12-21-16(14-25)8-11-22(27)26(21)17-9-10-17/h4-7,16-17,21H,3,8-14H2,1-2H3. The highest BCUT2D eigenvalue weighted by atomic mass is 16.2. The predicted octanol–water partition coefficient (Wildman–Crippen LogP) is 4.09. The third-order valence-corrected chi connectivity index (χ3v) is 6.85. The number of amides is 1. The fourth-order valence-corrected chi connectivity index (χ4v) is 5.46. The van der Waals surface area contributed by atoms with Crippen molar-refractivity contribution in [2.24, 2.45) is 5.92 Å². The molecule has 0 spiro atoms. The summed E-state index contributed by atoms with van der Waals surface area (Å²) in [6.07, 6.45) is 6.33. The van der Waals surface area contributed by atoms with Crippen LogP contribution in [0, 0.1) is 12.8 Å². The van der Waals surface area contributed by atoms with E-state index in [0.29, 0.717) is 23.9 Å². The number of fused-ring (bicyclic) bond motifs is 2. The molecule has 0 bridgehead atoms. The van der Waals surface area contributed by atoms with Crippen molar-refractivity contribution in [1.82, 2.24) is 9.88 Å². The summed E-state index contributed by atoms with van der Waals surface area (Å²) in [4.78, 5) is 22.3. The lowest BCUT2D eigenvalue weighted by molar-refractivity contribution is -0.140. The zero-order valence-electron chi connectivity index (χ0n) is 16.4. The fourth-order valence-electron chi connectivity index (χ4n) is 5.46. The summed E-state index contributed by atoms with van der Waals surface area (Å²) in [5.74, 6) is 1.01. The first-order chi connectivity index (χ1) is 13.2. The molecule has 2 atom stereocenters. The quantitative estimate of drug-likeness (QED) is 0.824. The number of para-hydroxylation sites is 1. The second-order valence-corrected chi connectivity index (χ2v) is 8.53. The van der Waals surface area contributed by atoms with E-state index in [2.05, 4.69) is 47.9 Å². The summed E-state index contributed by atoms with van der Waals surface area (Å²) in [5, 5.41) is 1.28. The van der Waals surface area contributed by atoms with Crippen molar-refractivity contribution in [3.63, 3.8) is 0 Å². The van der Waals surface area contributed by atoms with Crippen molar-refractivity contribution in [1.29, 1.82) is 0 Å². The van der Waals surface area contributed by atoms with Gasteiger partial charge in [-0.3, -0.25) is 9.78 Å². The Balaban J connectivity index is 1.51. The molecule has 3 heterocycles. The molecule has 5 rings (SSSR count). The van der Waals surface area contributed by atoms with Gasteiger partial charge in [-0.25, -0.2) is 0 Å². The molecular weight excluding hydrogens is 334 g/mol. The summed E-state index contributed by atoms with van der Waals surface area (Å²) in [6.45, 7) is 6.50. The molecule has 0 radical (unpaired) electrons. The molecule has 1 aliphatic carbocycles. The summed E-state index contributed by atoms with van der Waals surface area (Å²) in [7, 11) is 0. The van der Waals surface area contributed by atoms with Gasteiger partial charge in [-0.2, -0.15) is 0 Å². The van der Waals surface area contributed by atoms with Crippen LogP contribution in [0.5, 0.6) is 0 Å². The molecule has 4 nitrogen and oxygen atoms in total. The largest absolute Gasteiger partial charge is 0.370 e. The third kappa shape index (κ3) is 2.81. The number of rotatable bonds is 3. The second-order valence-electron chi connectivity index (χ2n) is 8.53. The lowest BCUT2D eigenvalue weighted by Crippen LogP contribution is -2.56. The summed E-state index contributed by atoms with van der Waals surface area (Å²) >= 11 is 0. The monoisotopic (exact) mass is 363 g/mol. The molecule has 3 aliphatic rings. The van der Waals surface area contributed by atoms with Gasteiger partial charge in [-0.1, -0.05) is 25.1 Å². The molecule has 1 aromatic heterocycles. The minimum atomic E-state index is 0.409. The van der Waals surface area contributed by atoms with Crippen LogP contribution in [0.2, 0.25) is 0 Å². The Labute approximate surface area is 161 Å². The Morgan fingerprint density at radius 1 is 1.15 bits per heavy atom. The van der Waals surface area contributed by atoms with E-state index in [1.54, 1.807) is 0 Å². The molecule has 1 aromatic carbocycles. The lowest BCUT2D eigenvalue weighted by atomic mass is 9.82. The second kappa shape index (κ2) is 6.50. The normalized spacial score (nSPS) is 25.8. The van der Waals surface area contributed by atoms with Gasteiger partial charge >= 0.3 is 0 Å². The van der Waals surface area contributed by atoms with Gasteiger partial charge in [-0.05, 0) is 56.6 Å². The smallest absolute Gasteiger partial charge is 0.223 e. The van der Waals surface area contributed by atoms with Gasteiger partial charge in [0.05, 0.1) is 11.2 Å². The van der Waals surface area contributed by atoms with Gasteiger partial charge in [0.1, 0.15) is 0 Å². The van der Waals surface area contributed by atoms with E-state index in [4.69, 9.17) is 4.98 Å². The van der Waals surface area contributed by atoms with Crippen molar-refractivity contribution in [3.8, 4) is 0 Å². The number of aromatic nitrogens is 1. The molecule has 27 heavy (non-hydrogen) atoms. The van der Waals surface area contributed by atoms with Crippen LogP contribution in [-0.2, 0) is 11.2 Å². The number of carbonyl (C=O) groups excluding carboxylic acids is 1. The maximum absolute atomic E-state index is 12.5. The first-order valence-electron chi connectivity index (χ1n) is 10.6. The van der Waals surface area contributed by atoms with Gasteiger partial charge < -0.3 is 9.80 Å². The Bertz CT molecular complexity index is 889. The molecular formula is C23H29N3O. The molecule has 4 heteroatoms. The molecule has 142 valence electrons. The average Bonchev–Trinajstić information content (AvgIpc) is 3.51. The summed E-state index contributed by atoms with van der Waals surface area (Å²) in [5.41, 5.74) is 5.04. The fraction of sp³-hybridized carbons (Fsp3) is 0.565. The number of carbonyl (C=O) groups is 1. The number of benzene rings is 1. The average molecular weight is 364 g/mol. The van der Waals surface area contributed by atoms with Crippen LogP contribution in [0.1, 0.15) is 50.3 Å². The number of nitrogens with zero attached hydrogens (tertiary/aromatic N) is 3. The van der Waals surface area contributed by atoms with Crippen LogP contribution < -0.4 is 4.90 Å². The Kier molecular flexibility index (Phi) is 4.10. The van der Waals surface area contributed by atoms with E-state index >= 15 is 0 Å². The van der Waals surface area contributed by atoms with Gasteiger partial charge in [0.15, 0.2) is 0 Å². The summed E-state index contributed by atoms with van der Waals surface area (Å²) < 4.78 is 0. The zero-order valence-corrected chi connectivity index (χ0v) is 16.4. The number of hydrogen-bond donors (Lipinski definition) is 0. The van der Waals surface area contributed by atoms with Crippen molar-refractivity contribution in [3.05, 3.63) is 35.5 Å². The van der Waals surface area contributed by atoms with E-state index in [0.717, 1.165) is 50.0 Å². The molecule has 1 amide bonds. The Morgan fingerprint density at radius 3 is 2.74 bits per heavy atom. The molecule has 2 unspecified atom stereocenters. The van der Waals surface area contributed by atoms with E-state index in [9.17, 15) is 4.79 Å². The van der Waals surface area contributed by atoms with E-state index in [1.807, 2.05) is 0 Å². The van der Waals surface area contributed by atoms with Crippen molar-refractivity contribution in [2.75, 3.05) is 18.0 Å². The van der Waals surface area contributed by atoms with Gasteiger partial charge in [0.25, 0.3) is 0 Å². The SMILES string of the molecule is CCc1c(C)nc2ccccc2c1N1CCC2C(CCC(=O)N2C2CC2)C1. The van der Waals surface area contributed by atoms with Gasteiger partial charge in [0.2, 0.25) is 5.91 Å². The minimum absolute atomic E-state index is 0.409. The first kappa shape index (κ1) is 17.0. The van der Waals surface area contributed by atoms with E-state index in [1.165, 1.54) is 29.5 Å². The van der Waals surface area contributed by atoms with E-state index in [-0.39, 0.29) is 0 Å². The topological polar surface area (TPSA) is 36.4 Å². The van der Waals surface area contributed by atoms with Gasteiger partial charge in [0, 0.05) is 42.7 Å². The van der Waals surface area contributed by atoms with Crippen LogP contribution in [0.3, 0.4) is 0 Å². The molecule has 2 saturated heterocycles. The number of likely N-dealkylation sites (tertiary alicyclic amines) is 1. The van der Waals surface area contributed by atoms with Crippen molar-refractivity contribution < 1.29 is 4.79 Å². The number of piperidine rings is 2. The number of aryl methyl sites for hydroxylation is 1. The number of hydrogen-bond acceptors (Lipinski definition) is 3. The molecule has 1 saturated carbocycles. The molecule has 3 fully saturated rings. The summed E-state index contributed by atoms with van der Waals surface area (Å²) in [6, 6.07) is 9.58. The minimum Gasteiger partial charge on any atom is -0.370 e. The van der Waals surface area contributed by atoms with Gasteiger partial charge in [-0.15, -0.1) is 0 Å². The number of anilines is 1. The lowest BCUT2D eigenvalue weighted by Gasteiger charge is -2.48. The zero-order chi connectivity index (χ0) is 18.5. The molecule has 2 aliphatic heterocycles. The van der Waals surface area contributed by atoms with E-state index < -0.39 is 0 Å². The highest BCUT2D eigenvalue weighted by Gasteiger charge is 2.45. The van der Waals surface area contributed by atoms with Crippen LogP contribution in [0.15, 0.2) is 24.3 Å². The van der Waals surface area contributed by atoms with Crippen molar-refractivity contribution >= 4 is 22.5 Å². The molecule has 2 aromatic rings. The Morgan fingerprint density at radius 2 is 1.96 bits per heavy atom.